The summed E-state index contributed by atoms with van der Waals surface area (Å²) in [5.74, 6) is -0.905. The summed E-state index contributed by atoms with van der Waals surface area (Å²) in [6.45, 7) is 8.69. The number of carboxylic acids is 1. The van der Waals surface area contributed by atoms with E-state index in [9.17, 15) is 9.90 Å². The van der Waals surface area contributed by atoms with Crippen LogP contribution < -0.4 is 24.0 Å². The molecule has 0 rings (SSSR count). The molecule has 0 aliphatic heterocycles. The van der Waals surface area contributed by atoms with Crippen LogP contribution in [0.5, 0.6) is 0 Å². The molecular weight excluding hydrogens is 305 g/mol. The second kappa shape index (κ2) is 20.3. The molecule has 0 aromatic carbocycles. The van der Waals surface area contributed by atoms with Gasteiger partial charge in [0, 0.05) is 18.4 Å². The van der Waals surface area contributed by atoms with Crippen LogP contribution in [-0.2, 0) is 4.79 Å². The van der Waals surface area contributed by atoms with Crippen LogP contribution in [0.2, 0.25) is 0 Å². The first kappa shape index (κ1) is 27.2. The third-order valence-electron chi connectivity index (χ3n) is 4.99. The number of hydrogen-bond acceptors (Lipinski definition) is 3. The van der Waals surface area contributed by atoms with Crippen LogP contribution >= 0.6 is 0 Å². The smallest absolute Gasteiger partial charge is 0.550 e. The first-order valence-electron chi connectivity index (χ1n) is 10.6. The van der Waals surface area contributed by atoms with Gasteiger partial charge in [-0.05, 0) is 32.4 Å². The molecule has 0 bridgehead atoms. The van der Waals surface area contributed by atoms with E-state index < -0.39 is 5.97 Å². The number of unbranched alkanes of at least 4 members (excludes halogenated alkanes) is 10. The molecular formula is C21H42LiNO2. The number of rotatable bonds is 18. The molecule has 0 aromatic heterocycles. The van der Waals surface area contributed by atoms with Crippen molar-refractivity contribution in [1.82, 2.24) is 4.90 Å². The Bertz CT molecular complexity index is 271. The molecule has 0 saturated heterocycles. The molecule has 0 amide bonds. The van der Waals surface area contributed by atoms with Crippen LogP contribution in [0.3, 0.4) is 0 Å². The second-order valence-electron chi connectivity index (χ2n) is 7.21. The minimum atomic E-state index is -0.905. The van der Waals surface area contributed by atoms with Crippen LogP contribution in [0.1, 0.15) is 111 Å². The van der Waals surface area contributed by atoms with Gasteiger partial charge < -0.3 is 14.8 Å². The summed E-state index contributed by atoms with van der Waals surface area (Å²) in [6.07, 6.45) is 16.6. The zero-order valence-corrected chi connectivity index (χ0v) is 17.7. The summed E-state index contributed by atoms with van der Waals surface area (Å²) in [6, 6.07) is 0.154. The van der Waals surface area contributed by atoms with Crippen molar-refractivity contribution in [3.05, 3.63) is 0 Å². The maximum atomic E-state index is 11.0. The normalized spacial score (nSPS) is 12.2. The summed E-state index contributed by atoms with van der Waals surface area (Å²) in [7, 11) is 0. The van der Waals surface area contributed by atoms with Crippen molar-refractivity contribution in [3.63, 3.8) is 0 Å². The van der Waals surface area contributed by atoms with Gasteiger partial charge in [-0.2, -0.15) is 0 Å². The topological polar surface area (TPSA) is 43.4 Å². The van der Waals surface area contributed by atoms with E-state index >= 15 is 0 Å². The van der Waals surface area contributed by atoms with E-state index in [1.807, 2.05) is 0 Å². The minimum Gasteiger partial charge on any atom is -0.550 e. The van der Waals surface area contributed by atoms with E-state index in [4.69, 9.17) is 0 Å². The summed E-state index contributed by atoms with van der Waals surface area (Å²) in [4.78, 5) is 13.5. The Morgan fingerprint density at radius 1 is 0.760 bits per heavy atom. The van der Waals surface area contributed by atoms with Crippen molar-refractivity contribution >= 4 is 5.97 Å². The third kappa shape index (κ3) is 17.2. The summed E-state index contributed by atoms with van der Waals surface area (Å²) in [5.41, 5.74) is 0. The molecule has 0 fully saturated rings. The molecule has 0 heterocycles. The van der Waals surface area contributed by atoms with Crippen LogP contribution in [0.25, 0.3) is 0 Å². The largest absolute Gasteiger partial charge is 1.00 e. The molecule has 4 heteroatoms. The zero-order valence-electron chi connectivity index (χ0n) is 17.7. The molecule has 1 unspecified atom stereocenters. The number of hydrogen-bond donors (Lipinski definition) is 0. The Hall–Kier alpha value is 0.0274. The fraction of sp³-hybridized carbons (Fsp3) is 0.952. The van der Waals surface area contributed by atoms with Gasteiger partial charge >= 0.3 is 18.9 Å². The van der Waals surface area contributed by atoms with Gasteiger partial charge in [-0.15, -0.1) is 0 Å². The Morgan fingerprint density at radius 2 is 1.16 bits per heavy atom. The fourth-order valence-electron chi connectivity index (χ4n) is 3.39. The summed E-state index contributed by atoms with van der Waals surface area (Å²) < 4.78 is 0. The molecule has 0 aromatic rings. The van der Waals surface area contributed by atoms with Gasteiger partial charge in [0.25, 0.3) is 0 Å². The molecule has 0 spiro atoms. The predicted molar refractivity (Wildman–Crippen MR) is 102 cm³/mol. The van der Waals surface area contributed by atoms with Gasteiger partial charge in [0.15, 0.2) is 0 Å². The van der Waals surface area contributed by atoms with E-state index in [1.165, 1.54) is 77.0 Å². The standard InChI is InChI=1S/C21H43NO2.Li/c1-4-7-9-11-13-15-17-22(20(6-3)19-21(23)24)18-16-14-12-10-8-5-2;/h20H,4-19H2,1-3H3,(H,23,24);/q;+1/p-1. The molecule has 0 saturated carbocycles. The Kier molecular flexibility index (Phi) is 22.2. The van der Waals surface area contributed by atoms with E-state index in [1.54, 1.807) is 0 Å². The van der Waals surface area contributed by atoms with E-state index in [0.717, 1.165) is 19.5 Å². The van der Waals surface area contributed by atoms with Crippen molar-refractivity contribution in [1.29, 1.82) is 0 Å². The zero-order chi connectivity index (χ0) is 18.0. The molecule has 3 nitrogen and oxygen atoms in total. The summed E-state index contributed by atoms with van der Waals surface area (Å²) in [5, 5.41) is 11.0. The summed E-state index contributed by atoms with van der Waals surface area (Å²) >= 11 is 0. The SMILES string of the molecule is CCCCCCCCN(CCCCCCCC)C(CC)CC(=O)[O-].[Li+]. The van der Waals surface area contributed by atoms with E-state index in [2.05, 4.69) is 25.7 Å². The molecule has 0 aliphatic carbocycles. The monoisotopic (exact) mass is 347 g/mol. The van der Waals surface area contributed by atoms with Crippen molar-refractivity contribution in [3.8, 4) is 0 Å². The first-order chi connectivity index (χ1) is 11.7. The average Bonchev–Trinajstić information content (AvgIpc) is 2.57. The maximum Gasteiger partial charge on any atom is 1.00 e. The quantitative estimate of drug-likeness (QED) is 0.281. The molecule has 0 N–H and O–H groups in total. The Labute approximate surface area is 169 Å². The molecule has 144 valence electrons. The van der Waals surface area contributed by atoms with Crippen molar-refractivity contribution in [2.45, 2.75) is 117 Å². The van der Waals surface area contributed by atoms with Gasteiger partial charge in [0.2, 0.25) is 0 Å². The number of nitrogens with zero attached hydrogens (tertiary/aromatic N) is 1. The second-order valence-corrected chi connectivity index (χ2v) is 7.21. The van der Waals surface area contributed by atoms with Crippen molar-refractivity contribution in [2.24, 2.45) is 0 Å². The van der Waals surface area contributed by atoms with Gasteiger partial charge in [0.1, 0.15) is 0 Å². The Morgan fingerprint density at radius 3 is 1.52 bits per heavy atom. The van der Waals surface area contributed by atoms with Crippen LogP contribution in [0.15, 0.2) is 0 Å². The van der Waals surface area contributed by atoms with Crippen molar-refractivity contribution < 1.29 is 28.8 Å². The molecule has 25 heavy (non-hydrogen) atoms. The van der Waals surface area contributed by atoms with Crippen molar-refractivity contribution in [2.75, 3.05) is 13.1 Å². The molecule has 0 aliphatic rings. The average molecular weight is 348 g/mol. The number of carbonyl (C=O) groups excluding carboxylic acids is 1. The first-order valence-corrected chi connectivity index (χ1v) is 10.6. The minimum absolute atomic E-state index is 0. The van der Waals surface area contributed by atoms with Gasteiger partial charge in [-0.25, -0.2) is 0 Å². The van der Waals surface area contributed by atoms with E-state index in [0.29, 0.717) is 0 Å². The number of aliphatic carboxylic acids is 1. The van der Waals surface area contributed by atoms with Gasteiger partial charge in [-0.3, -0.25) is 0 Å². The number of carboxylic acid groups (broad SMARTS) is 1. The van der Waals surface area contributed by atoms with Crippen LogP contribution in [0.4, 0.5) is 0 Å². The van der Waals surface area contributed by atoms with Crippen LogP contribution in [0, 0.1) is 0 Å². The molecule has 0 radical (unpaired) electrons. The fourth-order valence-corrected chi connectivity index (χ4v) is 3.39. The van der Waals surface area contributed by atoms with E-state index in [-0.39, 0.29) is 31.3 Å². The van der Waals surface area contributed by atoms with Crippen LogP contribution in [-0.4, -0.2) is 30.0 Å². The maximum absolute atomic E-state index is 11.0. The predicted octanol–water partition coefficient (Wildman–Crippen LogP) is 1.93. The third-order valence-corrected chi connectivity index (χ3v) is 4.99. The number of carbonyl (C=O) groups is 1. The molecule has 1 atom stereocenters. The Balaban J connectivity index is 0. The van der Waals surface area contributed by atoms with Gasteiger partial charge in [0.05, 0.1) is 0 Å². The van der Waals surface area contributed by atoms with Gasteiger partial charge in [-0.1, -0.05) is 85.0 Å².